The van der Waals surface area contributed by atoms with Gasteiger partial charge in [-0.1, -0.05) is 0 Å². The number of hydrogen-bond acceptors (Lipinski definition) is 4. The summed E-state index contributed by atoms with van der Waals surface area (Å²) in [5, 5.41) is 18.7. The Morgan fingerprint density at radius 2 is 2.12 bits per heavy atom. The Balaban J connectivity index is 2.13. The van der Waals surface area contributed by atoms with Crippen molar-refractivity contribution >= 4 is 11.8 Å². The largest absolute Gasteiger partial charge is 0.478 e. The maximum Gasteiger partial charge on any atom is 0.335 e. The van der Waals surface area contributed by atoms with Crippen LogP contribution >= 0.6 is 0 Å². The van der Waals surface area contributed by atoms with Crippen LogP contribution in [0.3, 0.4) is 0 Å². The molecule has 5 heteroatoms. The molecule has 0 aliphatic carbocycles. The molecule has 1 aromatic heterocycles. The number of rotatable bonds is 2. The minimum absolute atomic E-state index is 0.243. The number of nitrogens with zero attached hydrogens (tertiary/aromatic N) is 2. The lowest BCUT2D eigenvalue weighted by molar-refractivity contribution is 0.0350. The molecule has 0 bridgehead atoms. The Bertz CT molecular complexity index is 422. The second-order valence-electron chi connectivity index (χ2n) is 4.69. The van der Waals surface area contributed by atoms with E-state index in [0.717, 1.165) is 0 Å². The molecule has 1 aliphatic rings. The summed E-state index contributed by atoms with van der Waals surface area (Å²) in [6.45, 7) is 3.22. The monoisotopic (exact) mass is 236 g/mol. The molecule has 2 heterocycles. The molecule has 5 nitrogen and oxygen atoms in total. The summed E-state index contributed by atoms with van der Waals surface area (Å²) >= 11 is 0. The first kappa shape index (κ1) is 11.9. The number of anilines is 1. The van der Waals surface area contributed by atoms with Gasteiger partial charge >= 0.3 is 5.97 Å². The van der Waals surface area contributed by atoms with E-state index in [2.05, 4.69) is 4.98 Å². The molecule has 17 heavy (non-hydrogen) atoms. The van der Waals surface area contributed by atoms with E-state index in [1.54, 1.807) is 6.07 Å². The van der Waals surface area contributed by atoms with Gasteiger partial charge in [-0.25, -0.2) is 9.78 Å². The molecule has 0 radical (unpaired) electrons. The standard InChI is InChI=1S/C12H16N2O3/c1-12(17)3-6-14(7-4-12)10-8-9(11(15)16)2-5-13-10/h2,5,8,17H,3-4,6-7H2,1H3,(H,15,16). The number of hydrogen-bond donors (Lipinski definition) is 2. The van der Waals surface area contributed by atoms with Crippen LogP contribution in [0.15, 0.2) is 18.3 Å². The van der Waals surface area contributed by atoms with Crippen LogP contribution in [0.25, 0.3) is 0 Å². The lowest BCUT2D eigenvalue weighted by Gasteiger charge is -2.36. The third kappa shape index (κ3) is 2.74. The van der Waals surface area contributed by atoms with Gasteiger partial charge in [-0.15, -0.1) is 0 Å². The summed E-state index contributed by atoms with van der Waals surface area (Å²) in [6.07, 6.45) is 2.85. The predicted molar refractivity (Wildman–Crippen MR) is 63.3 cm³/mol. The summed E-state index contributed by atoms with van der Waals surface area (Å²) in [5.74, 6) is -0.280. The number of pyridine rings is 1. The molecule has 0 unspecified atom stereocenters. The molecule has 0 saturated carbocycles. The van der Waals surface area contributed by atoms with Gasteiger partial charge in [0.2, 0.25) is 0 Å². The molecular formula is C12H16N2O3. The molecule has 2 rings (SSSR count). The highest BCUT2D eigenvalue weighted by Gasteiger charge is 2.27. The fraction of sp³-hybridized carbons (Fsp3) is 0.500. The number of carboxylic acid groups (broad SMARTS) is 1. The van der Waals surface area contributed by atoms with Gasteiger partial charge < -0.3 is 15.1 Å². The first-order chi connectivity index (χ1) is 7.98. The van der Waals surface area contributed by atoms with E-state index in [0.29, 0.717) is 31.7 Å². The Hall–Kier alpha value is -1.62. The summed E-state index contributed by atoms with van der Waals surface area (Å²) in [7, 11) is 0. The zero-order valence-electron chi connectivity index (χ0n) is 9.76. The van der Waals surface area contributed by atoms with Gasteiger partial charge in [0.05, 0.1) is 11.2 Å². The fourth-order valence-corrected chi connectivity index (χ4v) is 1.94. The van der Waals surface area contributed by atoms with Crippen LogP contribution in [0.2, 0.25) is 0 Å². The lowest BCUT2D eigenvalue weighted by Crippen LogP contribution is -2.42. The van der Waals surface area contributed by atoms with Crippen molar-refractivity contribution in [3.63, 3.8) is 0 Å². The maximum atomic E-state index is 10.9. The normalized spacial score (nSPS) is 19.1. The molecular weight excluding hydrogens is 220 g/mol. The zero-order valence-corrected chi connectivity index (χ0v) is 9.76. The number of aromatic carboxylic acids is 1. The molecule has 1 saturated heterocycles. The van der Waals surface area contributed by atoms with Crippen molar-refractivity contribution in [2.24, 2.45) is 0 Å². The van der Waals surface area contributed by atoms with Crippen LogP contribution in [-0.2, 0) is 0 Å². The van der Waals surface area contributed by atoms with Crippen molar-refractivity contribution in [2.45, 2.75) is 25.4 Å². The van der Waals surface area contributed by atoms with Crippen LogP contribution < -0.4 is 4.90 Å². The first-order valence-electron chi connectivity index (χ1n) is 5.65. The topological polar surface area (TPSA) is 73.7 Å². The van der Waals surface area contributed by atoms with Crippen molar-refractivity contribution in [1.82, 2.24) is 4.98 Å². The summed E-state index contributed by atoms with van der Waals surface area (Å²) in [5.41, 5.74) is -0.367. The smallest absolute Gasteiger partial charge is 0.335 e. The van der Waals surface area contributed by atoms with Gasteiger partial charge in [0.1, 0.15) is 5.82 Å². The van der Waals surface area contributed by atoms with E-state index >= 15 is 0 Å². The number of carbonyl (C=O) groups is 1. The van der Waals surface area contributed by atoms with Gasteiger partial charge in [0.15, 0.2) is 0 Å². The Kier molecular flexibility index (Phi) is 3.02. The van der Waals surface area contributed by atoms with Gasteiger partial charge in [0.25, 0.3) is 0 Å². The fourth-order valence-electron chi connectivity index (χ4n) is 1.94. The SMILES string of the molecule is CC1(O)CCN(c2cc(C(=O)O)ccn2)CC1. The average molecular weight is 236 g/mol. The van der Waals surface area contributed by atoms with E-state index in [4.69, 9.17) is 5.11 Å². The van der Waals surface area contributed by atoms with Crippen LogP contribution in [0.1, 0.15) is 30.1 Å². The molecule has 0 spiro atoms. The number of aliphatic hydroxyl groups is 1. The first-order valence-corrected chi connectivity index (χ1v) is 5.65. The molecule has 0 aromatic carbocycles. The molecule has 2 N–H and O–H groups in total. The number of aromatic nitrogens is 1. The predicted octanol–water partition coefficient (Wildman–Crippen LogP) is 1.13. The van der Waals surface area contributed by atoms with Gasteiger partial charge in [-0.2, -0.15) is 0 Å². The van der Waals surface area contributed by atoms with Crippen molar-refractivity contribution < 1.29 is 15.0 Å². The molecule has 0 atom stereocenters. The van der Waals surface area contributed by atoms with E-state index in [1.165, 1.54) is 12.3 Å². The van der Waals surface area contributed by atoms with Crippen LogP contribution in [0.5, 0.6) is 0 Å². The van der Waals surface area contributed by atoms with E-state index in [-0.39, 0.29) is 5.56 Å². The van der Waals surface area contributed by atoms with Crippen molar-refractivity contribution in [1.29, 1.82) is 0 Å². The van der Waals surface area contributed by atoms with Gasteiger partial charge in [-0.05, 0) is 31.9 Å². The Morgan fingerprint density at radius 3 is 2.71 bits per heavy atom. The van der Waals surface area contributed by atoms with Crippen molar-refractivity contribution in [3.8, 4) is 0 Å². The Morgan fingerprint density at radius 1 is 1.47 bits per heavy atom. The second-order valence-corrected chi connectivity index (χ2v) is 4.69. The molecule has 1 aliphatic heterocycles. The molecule has 0 amide bonds. The van der Waals surface area contributed by atoms with Gasteiger partial charge in [0, 0.05) is 19.3 Å². The average Bonchev–Trinajstić information content (AvgIpc) is 2.29. The van der Waals surface area contributed by atoms with Crippen LogP contribution in [-0.4, -0.2) is 39.9 Å². The highest BCUT2D eigenvalue weighted by molar-refractivity contribution is 5.88. The van der Waals surface area contributed by atoms with E-state index in [9.17, 15) is 9.90 Å². The van der Waals surface area contributed by atoms with Crippen molar-refractivity contribution in [2.75, 3.05) is 18.0 Å². The number of piperidine rings is 1. The zero-order chi connectivity index (χ0) is 12.5. The van der Waals surface area contributed by atoms with E-state index < -0.39 is 11.6 Å². The summed E-state index contributed by atoms with van der Waals surface area (Å²) in [4.78, 5) is 17.0. The van der Waals surface area contributed by atoms with Crippen molar-refractivity contribution in [3.05, 3.63) is 23.9 Å². The maximum absolute atomic E-state index is 10.9. The summed E-state index contributed by atoms with van der Waals surface area (Å²) < 4.78 is 0. The highest BCUT2D eigenvalue weighted by atomic mass is 16.4. The minimum Gasteiger partial charge on any atom is -0.478 e. The summed E-state index contributed by atoms with van der Waals surface area (Å²) in [6, 6.07) is 3.05. The number of carboxylic acids is 1. The quantitative estimate of drug-likeness (QED) is 0.805. The third-order valence-electron chi connectivity index (χ3n) is 3.16. The second kappa shape index (κ2) is 4.33. The lowest BCUT2D eigenvalue weighted by atomic mass is 9.94. The molecule has 1 fully saturated rings. The molecule has 1 aromatic rings. The Labute approximate surface area is 99.7 Å². The van der Waals surface area contributed by atoms with Crippen LogP contribution in [0.4, 0.5) is 5.82 Å². The third-order valence-corrected chi connectivity index (χ3v) is 3.16. The molecule has 92 valence electrons. The van der Waals surface area contributed by atoms with Gasteiger partial charge in [-0.3, -0.25) is 0 Å². The minimum atomic E-state index is -0.947. The van der Waals surface area contributed by atoms with E-state index in [1.807, 2.05) is 11.8 Å². The highest BCUT2D eigenvalue weighted by Crippen LogP contribution is 2.24. The van der Waals surface area contributed by atoms with Crippen LogP contribution in [0, 0.1) is 0 Å².